The van der Waals surface area contributed by atoms with Gasteiger partial charge in [0.25, 0.3) is 0 Å². The van der Waals surface area contributed by atoms with E-state index in [9.17, 15) is 4.79 Å². The van der Waals surface area contributed by atoms with Crippen LogP contribution < -0.4 is 5.32 Å². The zero-order valence-electron chi connectivity index (χ0n) is 16.0. The van der Waals surface area contributed by atoms with Crippen molar-refractivity contribution < 1.29 is 4.79 Å². The number of hydrogen-bond donors (Lipinski definition) is 1. The highest BCUT2D eigenvalue weighted by molar-refractivity contribution is 8.00. The van der Waals surface area contributed by atoms with Crippen molar-refractivity contribution in [3.8, 4) is 0 Å². The number of carbonyl (C=O) groups is 1. The van der Waals surface area contributed by atoms with Crippen LogP contribution in [0.1, 0.15) is 29.7 Å². The van der Waals surface area contributed by atoms with Gasteiger partial charge in [-0.1, -0.05) is 35.3 Å². The minimum absolute atomic E-state index is 0.0421. The summed E-state index contributed by atoms with van der Waals surface area (Å²) in [5.41, 5.74) is 4.59. The van der Waals surface area contributed by atoms with Gasteiger partial charge in [0.1, 0.15) is 0 Å². The summed E-state index contributed by atoms with van der Waals surface area (Å²) in [6.07, 6.45) is 5.16. The SMILES string of the molecule is O=C(CSc1c2c(nc3ccc(Cl)cc13)CCCC2)NCCc1ccc(Cl)cc1. The van der Waals surface area contributed by atoms with Crippen LogP contribution in [0, 0.1) is 0 Å². The molecule has 29 heavy (non-hydrogen) atoms. The molecule has 1 aliphatic rings. The molecule has 0 atom stereocenters. The Hall–Kier alpha value is -1.75. The molecule has 4 rings (SSSR count). The van der Waals surface area contributed by atoms with Crippen LogP contribution in [-0.4, -0.2) is 23.2 Å². The lowest BCUT2D eigenvalue weighted by atomic mass is 9.94. The Labute approximate surface area is 185 Å². The second-order valence-electron chi connectivity index (χ2n) is 7.25. The van der Waals surface area contributed by atoms with E-state index in [0.717, 1.165) is 40.8 Å². The third kappa shape index (κ3) is 5.06. The molecule has 150 valence electrons. The lowest BCUT2D eigenvalue weighted by Crippen LogP contribution is -2.27. The summed E-state index contributed by atoms with van der Waals surface area (Å²) in [4.78, 5) is 18.5. The fraction of sp³-hybridized carbons (Fsp3) is 0.304. The van der Waals surface area contributed by atoms with Gasteiger partial charge in [0.15, 0.2) is 0 Å². The summed E-state index contributed by atoms with van der Waals surface area (Å²) in [6.45, 7) is 0.613. The number of aromatic nitrogens is 1. The van der Waals surface area contributed by atoms with E-state index in [-0.39, 0.29) is 5.91 Å². The highest BCUT2D eigenvalue weighted by Crippen LogP contribution is 2.37. The van der Waals surface area contributed by atoms with E-state index >= 15 is 0 Å². The molecule has 0 radical (unpaired) electrons. The average Bonchev–Trinajstić information content (AvgIpc) is 2.73. The molecule has 1 aliphatic carbocycles. The smallest absolute Gasteiger partial charge is 0.230 e. The van der Waals surface area contributed by atoms with Crippen molar-refractivity contribution in [1.29, 1.82) is 0 Å². The zero-order valence-corrected chi connectivity index (χ0v) is 18.3. The number of fused-ring (bicyclic) bond motifs is 2. The maximum Gasteiger partial charge on any atom is 0.230 e. The lowest BCUT2D eigenvalue weighted by Gasteiger charge is -2.20. The molecule has 0 saturated heterocycles. The zero-order chi connectivity index (χ0) is 20.2. The minimum atomic E-state index is 0.0421. The van der Waals surface area contributed by atoms with Gasteiger partial charge < -0.3 is 5.32 Å². The van der Waals surface area contributed by atoms with Gasteiger partial charge in [-0.3, -0.25) is 9.78 Å². The second kappa shape index (κ2) is 9.38. The summed E-state index contributed by atoms with van der Waals surface area (Å²) >= 11 is 13.8. The van der Waals surface area contributed by atoms with Crippen LogP contribution in [0.4, 0.5) is 0 Å². The van der Waals surface area contributed by atoms with E-state index in [0.29, 0.717) is 17.3 Å². The van der Waals surface area contributed by atoms with Gasteiger partial charge in [-0.05, 0) is 73.6 Å². The van der Waals surface area contributed by atoms with Crippen LogP contribution in [0.15, 0.2) is 47.4 Å². The summed E-state index contributed by atoms with van der Waals surface area (Å²) in [7, 11) is 0. The Kier molecular flexibility index (Phi) is 6.63. The first-order valence-electron chi connectivity index (χ1n) is 9.85. The number of rotatable bonds is 6. The van der Waals surface area contributed by atoms with E-state index in [1.54, 1.807) is 11.8 Å². The Morgan fingerprint density at radius 2 is 1.79 bits per heavy atom. The molecule has 1 aromatic heterocycles. The Balaban J connectivity index is 1.44. The molecule has 2 aromatic carbocycles. The van der Waals surface area contributed by atoms with Crippen molar-refractivity contribution in [2.75, 3.05) is 12.3 Å². The summed E-state index contributed by atoms with van der Waals surface area (Å²) in [6, 6.07) is 13.5. The molecule has 0 saturated carbocycles. The van der Waals surface area contributed by atoms with E-state index in [4.69, 9.17) is 28.2 Å². The van der Waals surface area contributed by atoms with Crippen molar-refractivity contribution in [2.45, 2.75) is 37.0 Å². The molecule has 0 unspecified atom stereocenters. The average molecular weight is 445 g/mol. The number of carbonyl (C=O) groups excluding carboxylic acids is 1. The Morgan fingerprint density at radius 1 is 1.03 bits per heavy atom. The quantitative estimate of drug-likeness (QED) is 0.483. The van der Waals surface area contributed by atoms with Crippen LogP contribution in [-0.2, 0) is 24.1 Å². The van der Waals surface area contributed by atoms with Crippen LogP contribution in [0.3, 0.4) is 0 Å². The van der Waals surface area contributed by atoms with Gasteiger partial charge in [-0.25, -0.2) is 0 Å². The van der Waals surface area contributed by atoms with Gasteiger partial charge >= 0.3 is 0 Å². The molecular formula is C23H22Cl2N2OS. The molecule has 0 bridgehead atoms. The summed E-state index contributed by atoms with van der Waals surface area (Å²) in [5, 5.41) is 5.50. The number of hydrogen-bond acceptors (Lipinski definition) is 3. The molecule has 1 amide bonds. The fourth-order valence-corrected chi connectivity index (χ4v) is 5.09. The normalized spacial score (nSPS) is 13.3. The van der Waals surface area contributed by atoms with E-state index in [1.165, 1.54) is 29.0 Å². The molecule has 3 nitrogen and oxygen atoms in total. The van der Waals surface area contributed by atoms with Gasteiger partial charge in [-0.15, -0.1) is 11.8 Å². The Bertz CT molecular complexity index is 1040. The Morgan fingerprint density at radius 3 is 2.62 bits per heavy atom. The van der Waals surface area contributed by atoms with Crippen molar-refractivity contribution in [1.82, 2.24) is 10.3 Å². The predicted molar refractivity (Wildman–Crippen MR) is 122 cm³/mol. The van der Waals surface area contributed by atoms with Crippen molar-refractivity contribution >= 4 is 51.8 Å². The lowest BCUT2D eigenvalue weighted by molar-refractivity contribution is -0.118. The molecule has 0 aliphatic heterocycles. The molecule has 0 spiro atoms. The maximum atomic E-state index is 12.4. The first-order valence-corrected chi connectivity index (χ1v) is 11.6. The molecule has 1 N–H and O–H groups in total. The first kappa shape index (κ1) is 20.5. The molecular weight excluding hydrogens is 423 g/mol. The predicted octanol–water partition coefficient (Wildman–Crippen LogP) is 5.87. The molecule has 1 heterocycles. The summed E-state index contributed by atoms with van der Waals surface area (Å²) in [5.74, 6) is 0.430. The monoisotopic (exact) mass is 444 g/mol. The van der Waals surface area contributed by atoms with Gasteiger partial charge in [-0.2, -0.15) is 0 Å². The van der Waals surface area contributed by atoms with Gasteiger partial charge in [0.2, 0.25) is 5.91 Å². The van der Waals surface area contributed by atoms with Crippen LogP contribution in [0.25, 0.3) is 10.9 Å². The van der Waals surface area contributed by atoms with Crippen molar-refractivity contribution in [2.24, 2.45) is 0 Å². The molecule has 3 aromatic rings. The number of amides is 1. The third-order valence-corrected chi connectivity index (χ3v) is 6.82. The number of nitrogens with zero attached hydrogens (tertiary/aromatic N) is 1. The number of halogens is 2. The van der Waals surface area contributed by atoms with Crippen LogP contribution in [0.2, 0.25) is 10.0 Å². The van der Waals surface area contributed by atoms with Gasteiger partial charge in [0.05, 0.1) is 11.3 Å². The second-order valence-corrected chi connectivity index (χ2v) is 9.11. The standard InChI is InChI=1S/C23H22Cl2N2OS/c24-16-7-5-15(6-8-16)11-12-26-22(28)14-29-23-18-3-1-2-4-20(18)27-21-10-9-17(25)13-19(21)23/h5-10,13H,1-4,11-12,14H2,(H,26,28). The number of pyridine rings is 1. The highest BCUT2D eigenvalue weighted by Gasteiger charge is 2.19. The number of thioether (sulfide) groups is 1. The van der Waals surface area contributed by atoms with Crippen LogP contribution >= 0.6 is 35.0 Å². The number of nitrogens with one attached hydrogen (secondary N) is 1. The molecule has 0 fully saturated rings. The largest absolute Gasteiger partial charge is 0.355 e. The first-order chi connectivity index (χ1) is 14.1. The van der Waals surface area contributed by atoms with E-state index < -0.39 is 0 Å². The van der Waals surface area contributed by atoms with Crippen molar-refractivity contribution in [3.63, 3.8) is 0 Å². The minimum Gasteiger partial charge on any atom is -0.355 e. The number of benzene rings is 2. The molecule has 6 heteroatoms. The van der Waals surface area contributed by atoms with Crippen LogP contribution in [0.5, 0.6) is 0 Å². The maximum absolute atomic E-state index is 12.4. The van der Waals surface area contributed by atoms with E-state index in [1.807, 2.05) is 42.5 Å². The third-order valence-electron chi connectivity index (χ3n) is 5.17. The van der Waals surface area contributed by atoms with Gasteiger partial charge in [0, 0.05) is 32.6 Å². The highest BCUT2D eigenvalue weighted by atomic mass is 35.5. The number of aryl methyl sites for hydroxylation is 1. The fourth-order valence-electron chi connectivity index (χ4n) is 3.70. The van der Waals surface area contributed by atoms with E-state index in [2.05, 4.69) is 5.32 Å². The summed E-state index contributed by atoms with van der Waals surface area (Å²) < 4.78 is 0. The topological polar surface area (TPSA) is 42.0 Å². The van der Waals surface area contributed by atoms with Crippen molar-refractivity contribution in [3.05, 3.63) is 69.3 Å².